The maximum absolute atomic E-state index is 5.42. The van der Waals surface area contributed by atoms with Crippen LogP contribution < -0.4 is 5.32 Å². The Bertz CT molecular complexity index is 272. The summed E-state index contributed by atoms with van der Waals surface area (Å²) in [5, 5.41) is 3.10. The Morgan fingerprint density at radius 3 is 2.60 bits per heavy atom. The van der Waals surface area contributed by atoms with E-state index in [1.54, 1.807) is 12.4 Å². The van der Waals surface area contributed by atoms with Gasteiger partial charge in [0.25, 0.3) is 0 Å². The Kier molecular flexibility index (Phi) is 5.04. The fourth-order valence-electron chi connectivity index (χ4n) is 1.04. The Morgan fingerprint density at radius 2 is 2.00 bits per heavy atom. The second-order valence-corrected chi connectivity index (χ2v) is 3.98. The van der Waals surface area contributed by atoms with Crippen molar-refractivity contribution in [3.63, 3.8) is 0 Å². The van der Waals surface area contributed by atoms with E-state index in [1.165, 1.54) is 0 Å². The molecule has 0 aromatic carbocycles. The van der Waals surface area contributed by atoms with Crippen LogP contribution in [0.5, 0.6) is 0 Å². The lowest BCUT2D eigenvalue weighted by Crippen LogP contribution is -2.13. The van der Waals surface area contributed by atoms with Gasteiger partial charge in [0.15, 0.2) is 0 Å². The van der Waals surface area contributed by atoms with Crippen LogP contribution in [0.25, 0.3) is 0 Å². The van der Waals surface area contributed by atoms with Gasteiger partial charge in [-0.15, -0.1) is 0 Å². The highest BCUT2D eigenvalue weighted by molar-refractivity contribution is 5.23. The highest BCUT2D eigenvalue weighted by Crippen LogP contribution is 1.98. The van der Waals surface area contributed by atoms with E-state index in [1.807, 2.05) is 6.92 Å². The second-order valence-electron chi connectivity index (χ2n) is 3.98. The molecule has 0 amide bonds. The predicted molar refractivity (Wildman–Crippen MR) is 60.9 cm³/mol. The van der Waals surface area contributed by atoms with Crippen LogP contribution in [0.2, 0.25) is 0 Å². The van der Waals surface area contributed by atoms with Gasteiger partial charge in [0, 0.05) is 25.5 Å². The highest BCUT2D eigenvalue weighted by Gasteiger charge is 1.95. The molecule has 1 heterocycles. The molecule has 0 unspecified atom stereocenters. The van der Waals surface area contributed by atoms with Crippen molar-refractivity contribution in [3.8, 4) is 0 Å². The average molecular weight is 209 g/mol. The van der Waals surface area contributed by atoms with Crippen LogP contribution in [0.4, 0.5) is 5.95 Å². The largest absolute Gasteiger partial charge is 0.379 e. The lowest BCUT2D eigenvalue weighted by Gasteiger charge is -2.07. The van der Waals surface area contributed by atoms with E-state index in [-0.39, 0.29) is 0 Å². The molecule has 4 heteroatoms. The van der Waals surface area contributed by atoms with Gasteiger partial charge in [-0.3, -0.25) is 0 Å². The lowest BCUT2D eigenvalue weighted by atomic mass is 10.2. The molecule has 84 valence electrons. The Hall–Kier alpha value is -1.16. The zero-order valence-corrected chi connectivity index (χ0v) is 9.66. The van der Waals surface area contributed by atoms with Gasteiger partial charge < -0.3 is 10.1 Å². The van der Waals surface area contributed by atoms with Crippen molar-refractivity contribution < 1.29 is 4.74 Å². The number of nitrogens with one attached hydrogen (secondary N) is 1. The third-order valence-corrected chi connectivity index (χ3v) is 1.76. The number of hydrogen-bond acceptors (Lipinski definition) is 4. The van der Waals surface area contributed by atoms with Crippen LogP contribution in [0.15, 0.2) is 12.4 Å². The van der Waals surface area contributed by atoms with Gasteiger partial charge in [-0.2, -0.15) is 0 Å². The summed E-state index contributed by atoms with van der Waals surface area (Å²) in [5.41, 5.74) is 1.07. The Balaban J connectivity index is 2.12. The van der Waals surface area contributed by atoms with Crippen LogP contribution in [0.3, 0.4) is 0 Å². The minimum absolute atomic E-state index is 0.584. The SMILES string of the molecule is Cc1cnc(NCCOCC(C)C)nc1. The van der Waals surface area contributed by atoms with Crippen molar-refractivity contribution in [1.82, 2.24) is 9.97 Å². The van der Waals surface area contributed by atoms with Gasteiger partial charge in [-0.1, -0.05) is 13.8 Å². The first-order valence-corrected chi connectivity index (χ1v) is 5.28. The molecule has 4 nitrogen and oxygen atoms in total. The van der Waals surface area contributed by atoms with Gasteiger partial charge in [0.1, 0.15) is 0 Å². The molecule has 15 heavy (non-hydrogen) atoms. The molecule has 0 atom stereocenters. The normalized spacial score (nSPS) is 10.7. The standard InChI is InChI=1S/C11H19N3O/c1-9(2)8-15-5-4-12-11-13-6-10(3)7-14-11/h6-7,9H,4-5,8H2,1-3H3,(H,12,13,14). The van der Waals surface area contributed by atoms with Crippen LogP contribution in [0.1, 0.15) is 19.4 Å². The summed E-state index contributed by atoms with van der Waals surface area (Å²) in [4.78, 5) is 8.27. The third kappa shape index (κ3) is 5.32. The maximum atomic E-state index is 5.42. The molecule has 1 N–H and O–H groups in total. The van der Waals surface area contributed by atoms with Crippen LogP contribution in [0, 0.1) is 12.8 Å². The molecule has 0 saturated carbocycles. The number of ether oxygens (including phenoxy) is 1. The first-order valence-electron chi connectivity index (χ1n) is 5.28. The molecule has 0 aliphatic heterocycles. The van der Waals surface area contributed by atoms with E-state index in [0.29, 0.717) is 18.5 Å². The minimum atomic E-state index is 0.584. The zero-order valence-electron chi connectivity index (χ0n) is 9.66. The van der Waals surface area contributed by atoms with Gasteiger partial charge in [-0.05, 0) is 18.4 Å². The summed E-state index contributed by atoms with van der Waals surface area (Å²) in [6.45, 7) is 8.48. The lowest BCUT2D eigenvalue weighted by molar-refractivity contribution is 0.118. The second kappa shape index (κ2) is 6.35. The number of aromatic nitrogens is 2. The summed E-state index contributed by atoms with van der Waals surface area (Å²) in [7, 11) is 0. The van der Waals surface area contributed by atoms with E-state index in [0.717, 1.165) is 18.7 Å². The van der Waals surface area contributed by atoms with Gasteiger partial charge in [-0.25, -0.2) is 9.97 Å². The van der Waals surface area contributed by atoms with E-state index in [2.05, 4.69) is 29.1 Å². The molecule has 0 radical (unpaired) electrons. The van der Waals surface area contributed by atoms with Gasteiger partial charge >= 0.3 is 0 Å². The molecule has 0 fully saturated rings. The number of aryl methyl sites for hydroxylation is 1. The smallest absolute Gasteiger partial charge is 0.222 e. The van der Waals surface area contributed by atoms with Crippen molar-refractivity contribution in [2.75, 3.05) is 25.1 Å². The number of anilines is 1. The highest BCUT2D eigenvalue weighted by atomic mass is 16.5. The molecule has 1 aromatic rings. The number of hydrogen-bond donors (Lipinski definition) is 1. The van der Waals surface area contributed by atoms with E-state index in [4.69, 9.17) is 4.74 Å². The monoisotopic (exact) mass is 209 g/mol. The van der Waals surface area contributed by atoms with E-state index >= 15 is 0 Å². The van der Waals surface area contributed by atoms with Gasteiger partial charge in [0.2, 0.25) is 5.95 Å². The third-order valence-electron chi connectivity index (χ3n) is 1.76. The first kappa shape index (κ1) is 11.9. The molecule has 0 aliphatic rings. The topological polar surface area (TPSA) is 47.0 Å². The first-order chi connectivity index (χ1) is 7.18. The summed E-state index contributed by atoms with van der Waals surface area (Å²) < 4.78 is 5.42. The maximum Gasteiger partial charge on any atom is 0.222 e. The summed E-state index contributed by atoms with van der Waals surface area (Å²) in [5.74, 6) is 1.24. The fraction of sp³-hybridized carbons (Fsp3) is 0.636. The average Bonchev–Trinajstić information content (AvgIpc) is 2.20. The Morgan fingerprint density at radius 1 is 1.33 bits per heavy atom. The van der Waals surface area contributed by atoms with E-state index in [9.17, 15) is 0 Å². The molecule has 1 rings (SSSR count). The number of rotatable bonds is 6. The van der Waals surface area contributed by atoms with E-state index < -0.39 is 0 Å². The van der Waals surface area contributed by atoms with Crippen molar-refractivity contribution >= 4 is 5.95 Å². The molecule has 0 spiro atoms. The summed E-state index contributed by atoms with van der Waals surface area (Å²) in [6.07, 6.45) is 3.59. The fourth-order valence-corrected chi connectivity index (χ4v) is 1.04. The molecule has 0 aliphatic carbocycles. The molecular weight excluding hydrogens is 190 g/mol. The minimum Gasteiger partial charge on any atom is -0.379 e. The predicted octanol–water partition coefficient (Wildman–Crippen LogP) is 1.87. The summed E-state index contributed by atoms with van der Waals surface area (Å²) in [6, 6.07) is 0. The van der Waals surface area contributed by atoms with Gasteiger partial charge in [0.05, 0.1) is 6.61 Å². The molecule has 1 aromatic heterocycles. The van der Waals surface area contributed by atoms with Crippen molar-refractivity contribution in [1.29, 1.82) is 0 Å². The molecular formula is C11H19N3O. The Labute approximate surface area is 91.1 Å². The molecule has 0 bridgehead atoms. The van der Waals surface area contributed by atoms with Crippen LogP contribution >= 0.6 is 0 Å². The van der Waals surface area contributed by atoms with Crippen molar-refractivity contribution in [3.05, 3.63) is 18.0 Å². The quantitative estimate of drug-likeness (QED) is 0.726. The number of nitrogens with zero attached hydrogens (tertiary/aromatic N) is 2. The molecule has 0 saturated heterocycles. The van der Waals surface area contributed by atoms with Crippen molar-refractivity contribution in [2.24, 2.45) is 5.92 Å². The summed E-state index contributed by atoms with van der Waals surface area (Å²) >= 11 is 0. The van der Waals surface area contributed by atoms with Crippen molar-refractivity contribution in [2.45, 2.75) is 20.8 Å². The zero-order chi connectivity index (χ0) is 11.1. The van der Waals surface area contributed by atoms with Crippen LogP contribution in [-0.4, -0.2) is 29.7 Å². The van der Waals surface area contributed by atoms with Crippen LogP contribution in [-0.2, 0) is 4.74 Å².